The quantitative estimate of drug-likeness (QED) is 0.815. The lowest BCUT2D eigenvalue weighted by Gasteiger charge is -2.09. The van der Waals surface area contributed by atoms with Crippen molar-refractivity contribution in [1.82, 2.24) is 9.55 Å². The highest BCUT2D eigenvalue weighted by molar-refractivity contribution is 5.28. The van der Waals surface area contributed by atoms with Crippen LogP contribution in [0.3, 0.4) is 0 Å². The second-order valence-electron chi connectivity index (χ2n) is 3.49. The molecule has 16 heavy (non-hydrogen) atoms. The molecule has 0 aliphatic heterocycles. The van der Waals surface area contributed by atoms with Gasteiger partial charge in [0.2, 0.25) is 0 Å². The second kappa shape index (κ2) is 4.28. The van der Waals surface area contributed by atoms with Gasteiger partial charge in [-0.15, -0.1) is 0 Å². The van der Waals surface area contributed by atoms with E-state index in [1.165, 1.54) is 4.57 Å². The summed E-state index contributed by atoms with van der Waals surface area (Å²) in [7, 11) is 0. The van der Waals surface area contributed by atoms with E-state index in [1.807, 2.05) is 13.0 Å². The first-order chi connectivity index (χ1) is 7.74. The molecule has 1 N–H and O–H groups in total. The average molecular weight is 216 g/mol. The molecular weight excluding hydrogens is 204 g/mol. The molecule has 2 aromatic heterocycles. The summed E-state index contributed by atoms with van der Waals surface area (Å²) in [4.78, 5) is 16.1. The van der Waals surface area contributed by atoms with E-state index in [0.29, 0.717) is 11.4 Å². The van der Waals surface area contributed by atoms with Crippen LogP contribution in [0.4, 0.5) is 0 Å². The van der Waals surface area contributed by atoms with Crippen LogP contribution in [0.1, 0.15) is 11.3 Å². The van der Waals surface area contributed by atoms with Crippen molar-refractivity contribution >= 4 is 0 Å². The highest BCUT2D eigenvalue weighted by Crippen LogP contribution is 2.05. The van der Waals surface area contributed by atoms with E-state index in [2.05, 4.69) is 4.98 Å². The van der Waals surface area contributed by atoms with Gasteiger partial charge < -0.3 is 5.11 Å². The lowest BCUT2D eigenvalue weighted by Crippen LogP contribution is -2.24. The SMILES string of the molecule is Cc1ccc(CO)c(=O)n1-c1ccccn1. The normalized spacial score (nSPS) is 10.4. The van der Waals surface area contributed by atoms with Crippen molar-refractivity contribution in [2.24, 2.45) is 0 Å². The smallest absolute Gasteiger partial charge is 0.262 e. The van der Waals surface area contributed by atoms with Crippen LogP contribution < -0.4 is 5.56 Å². The van der Waals surface area contributed by atoms with Crippen LogP contribution in [-0.2, 0) is 6.61 Å². The first-order valence-electron chi connectivity index (χ1n) is 4.98. The van der Waals surface area contributed by atoms with Gasteiger partial charge in [-0.1, -0.05) is 6.07 Å². The van der Waals surface area contributed by atoms with Crippen LogP contribution in [0.5, 0.6) is 0 Å². The fraction of sp³-hybridized carbons (Fsp3) is 0.167. The standard InChI is InChI=1S/C12H12N2O2/c1-9-5-6-10(8-15)12(16)14(9)11-4-2-3-7-13-11/h2-7,15H,8H2,1H3. The van der Waals surface area contributed by atoms with Crippen LogP contribution in [0.25, 0.3) is 5.82 Å². The van der Waals surface area contributed by atoms with E-state index in [4.69, 9.17) is 5.11 Å². The van der Waals surface area contributed by atoms with Crippen LogP contribution in [0.2, 0.25) is 0 Å². The molecule has 0 saturated carbocycles. The summed E-state index contributed by atoms with van der Waals surface area (Å²) in [5.74, 6) is 0.570. The monoisotopic (exact) mass is 216 g/mol. The molecule has 0 aliphatic rings. The molecule has 0 radical (unpaired) electrons. The van der Waals surface area contributed by atoms with Crippen LogP contribution in [0, 0.1) is 6.92 Å². The van der Waals surface area contributed by atoms with Gasteiger partial charge in [0, 0.05) is 17.5 Å². The van der Waals surface area contributed by atoms with Crippen molar-refractivity contribution in [2.75, 3.05) is 0 Å². The van der Waals surface area contributed by atoms with E-state index in [-0.39, 0.29) is 12.2 Å². The molecule has 0 saturated heterocycles. The molecule has 2 heterocycles. The minimum Gasteiger partial charge on any atom is -0.391 e. The minimum atomic E-state index is -0.258. The maximum Gasteiger partial charge on any atom is 0.262 e. The number of aryl methyl sites for hydroxylation is 1. The Morgan fingerprint density at radius 3 is 2.75 bits per heavy atom. The Morgan fingerprint density at radius 1 is 1.31 bits per heavy atom. The lowest BCUT2D eigenvalue weighted by atomic mass is 10.2. The van der Waals surface area contributed by atoms with Crippen LogP contribution in [-0.4, -0.2) is 14.7 Å². The van der Waals surface area contributed by atoms with E-state index >= 15 is 0 Å². The van der Waals surface area contributed by atoms with Gasteiger partial charge in [-0.25, -0.2) is 4.98 Å². The third-order valence-electron chi connectivity index (χ3n) is 2.40. The Kier molecular flexibility index (Phi) is 2.83. The van der Waals surface area contributed by atoms with Gasteiger partial charge in [-0.2, -0.15) is 0 Å². The van der Waals surface area contributed by atoms with Gasteiger partial charge in [0.15, 0.2) is 0 Å². The third kappa shape index (κ3) is 1.75. The number of pyridine rings is 2. The summed E-state index contributed by atoms with van der Waals surface area (Å²) in [5.41, 5.74) is 0.943. The van der Waals surface area contributed by atoms with Crippen molar-refractivity contribution in [1.29, 1.82) is 0 Å². The molecule has 0 bridgehead atoms. The maximum atomic E-state index is 12.0. The van der Waals surface area contributed by atoms with Crippen molar-refractivity contribution in [3.63, 3.8) is 0 Å². The summed E-state index contributed by atoms with van der Waals surface area (Å²) in [5, 5.41) is 9.05. The van der Waals surface area contributed by atoms with Gasteiger partial charge >= 0.3 is 0 Å². The summed E-state index contributed by atoms with van der Waals surface area (Å²) >= 11 is 0. The number of aromatic nitrogens is 2. The van der Waals surface area contributed by atoms with Crippen molar-refractivity contribution in [3.05, 3.63) is 58.1 Å². The number of hydrogen-bond donors (Lipinski definition) is 1. The Balaban J connectivity index is 2.70. The molecule has 2 rings (SSSR count). The number of rotatable bonds is 2. The fourth-order valence-electron chi connectivity index (χ4n) is 1.56. The molecule has 0 atom stereocenters. The van der Waals surface area contributed by atoms with Crippen molar-refractivity contribution in [2.45, 2.75) is 13.5 Å². The van der Waals surface area contributed by atoms with Crippen molar-refractivity contribution < 1.29 is 5.11 Å². The van der Waals surface area contributed by atoms with E-state index in [9.17, 15) is 4.79 Å². The lowest BCUT2D eigenvalue weighted by molar-refractivity contribution is 0.279. The Hall–Kier alpha value is -1.94. The molecule has 4 heteroatoms. The number of aliphatic hydroxyl groups excluding tert-OH is 1. The summed E-state index contributed by atoms with van der Waals surface area (Å²) in [6, 6.07) is 8.80. The molecule has 0 spiro atoms. The molecule has 2 aromatic rings. The summed E-state index contributed by atoms with van der Waals surface area (Å²) < 4.78 is 1.49. The number of nitrogens with zero attached hydrogens (tertiary/aromatic N) is 2. The van der Waals surface area contributed by atoms with E-state index < -0.39 is 0 Å². The first-order valence-corrected chi connectivity index (χ1v) is 4.98. The Labute approximate surface area is 92.8 Å². The molecule has 82 valence electrons. The molecule has 0 unspecified atom stereocenters. The zero-order valence-corrected chi connectivity index (χ0v) is 8.92. The number of aliphatic hydroxyl groups is 1. The van der Waals surface area contributed by atoms with Crippen LogP contribution >= 0.6 is 0 Å². The zero-order valence-electron chi connectivity index (χ0n) is 8.92. The molecular formula is C12H12N2O2. The van der Waals surface area contributed by atoms with Gasteiger partial charge in [0.25, 0.3) is 5.56 Å². The largest absolute Gasteiger partial charge is 0.391 e. The predicted octanol–water partition coefficient (Wildman–Crippen LogP) is 1.03. The van der Waals surface area contributed by atoms with E-state index in [1.54, 1.807) is 30.5 Å². The molecule has 0 aromatic carbocycles. The van der Waals surface area contributed by atoms with Gasteiger partial charge in [-0.3, -0.25) is 9.36 Å². The minimum absolute atomic E-state index is 0.221. The highest BCUT2D eigenvalue weighted by Gasteiger charge is 2.07. The Morgan fingerprint density at radius 2 is 2.12 bits per heavy atom. The van der Waals surface area contributed by atoms with E-state index in [0.717, 1.165) is 5.69 Å². The topological polar surface area (TPSA) is 55.1 Å². The summed E-state index contributed by atoms with van der Waals surface area (Å²) in [6.45, 7) is 1.57. The van der Waals surface area contributed by atoms with Crippen LogP contribution in [0.15, 0.2) is 41.3 Å². The predicted molar refractivity (Wildman–Crippen MR) is 60.5 cm³/mol. The molecule has 0 aliphatic carbocycles. The van der Waals surface area contributed by atoms with Gasteiger partial charge in [-0.05, 0) is 31.2 Å². The Bertz CT molecular complexity index is 547. The summed E-state index contributed by atoms with van der Waals surface area (Å²) in [6.07, 6.45) is 1.63. The third-order valence-corrected chi connectivity index (χ3v) is 2.40. The van der Waals surface area contributed by atoms with Crippen molar-refractivity contribution in [3.8, 4) is 5.82 Å². The molecule has 0 fully saturated rings. The van der Waals surface area contributed by atoms with Gasteiger partial charge in [0.1, 0.15) is 5.82 Å². The second-order valence-corrected chi connectivity index (χ2v) is 3.49. The molecule has 0 amide bonds. The highest BCUT2D eigenvalue weighted by atomic mass is 16.3. The first kappa shape index (κ1) is 10.6. The average Bonchev–Trinajstić information content (AvgIpc) is 2.31. The van der Waals surface area contributed by atoms with Gasteiger partial charge in [0.05, 0.1) is 6.61 Å². The zero-order chi connectivity index (χ0) is 11.5. The number of hydrogen-bond acceptors (Lipinski definition) is 3. The maximum absolute atomic E-state index is 12.0. The molecule has 4 nitrogen and oxygen atoms in total. The fourth-order valence-corrected chi connectivity index (χ4v) is 1.56.